The molecule has 1 saturated heterocycles. The molecular weight excluding hydrogens is 326 g/mol. The van der Waals surface area contributed by atoms with Gasteiger partial charge in [0.15, 0.2) is 5.82 Å². The number of hydrogen-bond donors (Lipinski definition) is 2. The van der Waals surface area contributed by atoms with E-state index in [4.69, 9.17) is 4.52 Å². The van der Waals surface area contributed by atoms with Crippen LogP contribution in [0, 0.1) is 6.92 Å². The number of anilines is 1. The first-order chi connectivity index (χ1) is 12.0. The Balaban J connectivity index is 1.64. The van der Waals surface area contributed by atoms with E-state index in [0.717, 1.165) is 0 Å². The van der Waals surface area contributed by atoms with Crippen LogP contribution in [0.4, 0.5) is 5.95 Å². The molecule has 10 nitrogen and oxygen atoms in total. The van der Waals surface area contributed by atoms with Crippen LogP contribution in [0.3, 0.4) is 0 Å². The quantitative estimate of drug-likeness (QED) is 0.756. The molecule has 1 unspecified atom stereocenters. The summed E-state index contributed by atoms with van der Waals surface area (Å²) in [4.78, 5) is 28.5. The number of nitrogens with one attached hydrogen (secondary N) is 1. The summed E-state index contributed by atoms with van der Waals surface area (Å²) in [6.45, 7) is 3.99. The second kappa shape index (κ2) is 7.53. The van der Waals surface area contributed by atoms with Gasteiger partial charge in [-0.1, -0.05) is 5.16 Å². The SMILES string of the molecule is CNc1ncc(C(=O)N2CCN(Cc3noc(C)n3)CC(O)C2)cn1. The molecule has 10 heteroatoms. The van der Waals surface area contributed by atoms with Gasteiger partial charge < -0.3 is 19.8 Å². The minimum Gasteiger partial charge on any atom is -0.390 e. The molecule has 0 aromatic carbocycles. The number of aliphatic hydroxyl groups is 1. The van der Waals surface area contributed by atoms with Crippen LogP contribution < -0.4 is 5.32 Å². The maximum absolute atomic E-state index is 12.6. The number of aromatic nitrogens is 4. The van der Waals surface area contributed by atoms with Crippen LogP contribution in [-0.2, 0) is 6.54 Å². The average Bonchev–Trinajstić information content (AvgIpc) is 2.92. The maximum atomic E-state index is 12.6. The fourth-order valence-electron chi connectivity index (χ4n) is 2.74. The summed E-state index contributed by atoms with van der Waals surface area (Å²) >= 11 is 0. The van der Waals surface area contributed by atoms with E-state index >= 15 is 0 Å². The molecule has 1 aliphatic rings. The van der Waals surface area contributed by atoms with Crippen molar-refractivity contribution in [3.8, 4) is 0 Å². The van der Waals surface area contributed by atoms with Crippen LogP contribution in [0.5, 0.6) is 0 Å². The maximum Gasteiger partial charge on any atom is 0.257 e. The van der Waals surface area contributed by atoms with Crippen molar-refractivity contribution in [2.45, 2.75) is 19.6 Å². The van der Waals surface area contributed by atoms with E-state index in [1.54, 1.807) is 18.9 Å². The van der Waals surface area contributed by atoms with Gasteiger partial charge in [0, 0.05) is 52.5 Å². The van der Waals surface area contributed by atoms with E-state index < -0.39 is 6.10 Å². The van der Waals surface area contributed by atoms with Crippen LogP contribution in [-0.4, -0.2) is 80.3 Å². The highest BCUT2D eigenvalue weighted by Gasteiger charge is 2.26. The first-order valence-electron chi connectivity index (χ1n) is 8.04. The Kier molecular flexibility index (Phi) is 5.19. The van der Waals surface area contributed by atoms with Crippen molar-refractivity contribution in [1.29, 1.82) is 0 Å². The number of hydrogen-bond acceptors (Lipinski definition) is 9. The van der Waals surface area contributed by atoms with E-state index in [9.17, 15) is 9.90 Å². The molecule has 1 atom stereocenters. The van der Waals surface area contributed by atoms with Crippen LogP contribution in [0.15, 0.2) is 16.9 Å². The minimum absolute atomic E-state index is 0.195. The van der Waals surface area contributed by atoms with Crippen molar-refractivity contribution in [3.63, 3.8) is 0 Å². The highest BCUT2D eigenvalue weighted by atomic mass is 16.5. The van der Waals surface area contributed by atoms with Gasteiger partial charge in [-0.05, 0) is 0 Å². The molecule has 0 radical (unpaired) electrons. The zero-order valence-electron chi connectivity index (χ0n) is 14.2. The Morgan fingerprint density at radius 2 is 2.12 bits per heavy atom. The lowest BCUT2D eigenvalue weighted by molar-refractivity contribution is 0.0661. The first-order valence-corrected chi connectivity index (χ1v) is 8.04. The van der Waals surface area contributed by atoms with E-state index in [0.29, 0.717) is 49.4 Å². The largest absolute Gasteiger partial charge is 0.390 e. The minimum atomic E-state index is -0.656. The van der Waals surface area contributed by atoms with Gasteiger partial charge in [-0.25, -0.2) is 9.97 Å². The second-order valence-corrected chi connectivity index (χ2v) is 5.92. The average molecular weight is 347 g/mol. The van der Waals surface area contributed by atoms with Gasteiger partial charge in [0.05, 0.1) is 18.2 Å². The molecule has 25 heavy (non-hydrogen) atoms. The molecule has 0 spiro atoms. The predicted molar refractivity (Wildman–Crippen MR) is 87.8 cm³/mol. The van der Waals surface area contributed by atoms with Gasteiger partial charge in [0.1, 0.15) is 0 Å². The van der Waals surface area contributed by atoms with Crippen LogP contribution >= 0.6 is 0 Å². The molecule has 134 valence electrons. The molecule has 0 saturated carbocycles. The third kappa shape index (κ3) is 4.28. The van der Waals surface area contributed by atoms with Crippen molar-refractivity contribution < 1.29 is 14.4 Å². The molecule has 0 aliphatic carbocycles. The number of rotatable bonds is 4. The van der Waals surface area contributed by atoms with Gasteiger partial charge in [-0.3, -0.25) is 9.69 Å². The number of aliphatic hydroxyl groups excluding tert-OH is 1. The Morgan fingerprint density at radius 1 is 1.36 bits per heavy atom. The van der Waals surface area contributed by atoms with Crippen molar-refractivity contribution in [1.82, 2.24) is 29.9 Å². The van der Waals surface area contributed by atoms with Gasteiger partial charge in [0.2, 0.25) is 11.8 Å². The molecular formula is C15H21N7O3. The fraction of sp³-hybridized carbons (Fsp3) is 0.533. The number of aryl methyl sites for hydroxylation is 1. The normalized spacial score (nSPS) is 18.8. The first kappa shape index (κ1) is 17.2. The Morgan fingerprint density at radius 3 is 2.76 bits per heavy atom. The zero-order chi connectivity index (χ0) is 17.8. The molecule has 0 bridgehead atoms. The smallest absolute Gasteiger partial charge is 0.257 e. The van der Waals surface area contributed by atoms with Crippen molar-refractivity contribution in [3.05, 3.63) is 29.7 Å². The van der Waals surface area contributed by atoms with Crippen molar-refractivity contribution in [2.75, 3.05) is 38.5 Å². The van der Waals surface area contributed by atoms with Gasteiger partial charge in [-0.15, -0.1) is 0 Å². The van der Waals surface area contributed by atoms with E-state index in [1.807, 2.05) is 4.90 Å². The van der Waals surface area contributed by atoms with Crippen molar-refractivity contribution >= 4 is 11.9 Å². The highest BCUT2D eigenvalue weighted by Crippen LogP contribution is 2.11. The summed E-state index contributed by atoms with van der Waals surface area (Å²) in [5.74, 6) is 1.33. The lowest BCUT2D eigenvalue weighted by Crippen LogP contribution is -2.37. The summed E-state index contributed by atoms with van der Waals surface area (Å²) < 4.78 is 4.97. The molecule has 1 fully saturated rings. The number of amides is 1. The number of carbonyl (C=O) groups excluding carboxylic acids is 1. The molecule has 1 aliphatic heterocycles. The van der Waals surface area contributed by atoms with Gasteiger partial charge in [0.25, 0.3) is 5.91 Å². The summed E-state index contributed by atoms with van der Waals surface area (Å²) in [5.41, 5.74) is 0.397. The Bertz CT molecular complexity index is 718. The van der Waals surface area contributed by atoms with Gasteiger partial charge in [-0.2, -0.15) is 4.98 Å². The third-order valence-electron chi connectivity index (χ3n) is 3.93. The third-order valence-corrected chi connectivity index (χ3v) is 3.93. The van der Waals surface area contributed by atoms with Crippen molar-refractivity contribution in [2.24, 2.45) is 0 Å². The van der Waals surface area contributed by atoms with Crippen LogP contribution in [0.1, 0.15) is 22.1 Å². The predicted octanol–water partition coefficient (Wildman–Crippen LogP) is -0.471. The number of carbonyl (C=O) groups is 1. The number of nitrogens with zero attached hydrogens (tertiary/aromatic N) is 6. The lowest BCUT2D eigenvalue weighted by atomic mass is 10.2. The fourth-order valence-corrected chi connectivity index (χ4v) is 2.74. The topological polar surface area (TPSA) is 121 Å². The summed E-state index contributed by atoms with van der Waals surface area (Å²) in [6.07, 6.45) is 2.31. The zero-order valence-corrected chi connectivity index (χ0v) is 14.2. The molecule has 1 amide bonds. The monoisotopic (exact) mass is 347 g/mol. The van der Waals surface area contributed by atoms with Crippen LogP contribution in [0.25, 0.3) is 0 Å². The lowest BCUT2D eigenvalue weighted by Gasteiger charge is -2.21. The summed E-state index contributed by atoms with van der Waals surface area (Å²) in [7, 11) is 1.71. The van der Waals surface area contributed by atoms with E-state index in [1.165, 1.54) is 12.4 Å². The molecule has 2 N–H and O–H groups in total. The van der Waals surface area contributed by atoms with Crippen LogP contribution in [0.2, 0.25) is 0 Å². The molecule has 2 aromatic heterocycles. The summed E-state index contributed by atoms with van der Waals surface area (Å²) in [5, 5.41) is 16.9. The Hall–Kier alpha value is -2.59. The standard InChI is InChI=1S/C15H21N7O3/c1-10-19-13(20-25-10)9-21-3-4-22(8-12(23)7-21)14(24)11-5-17-15(16-2)18-6-11/h5-6,12,23H,3-4,7-9H2,1-2H3,(H,16,17,18). The highest BCUT2D eigenvalue weighted by molar-refractivity contribution is 5.93. The van der Waals surface area contributed by atoms with Gasteiger partial charge >= 0.3 is 0 Å². The second-order valence-electron chi connectivity index (χ2n) is 5.92. The molecule has 3 rings (SSSR count). The van der Waals surface area contributed by atoms with E-state index in [-0.39, 0.29) is 12.5 Å². The van der Waals surface area contributed by atoms with E-state index in [2.05, 4.69) is 25.4 Å². The summed E-state index contributed by atoms with van der Waals surface area (Å²) in [6, 6.07) is 0. The molecule has 2 aromatic rings. The molecule has 3 heterocycles. The Labute approximate surface area is 144 Å². The number of β-amino-alcohol motifs (C(OH)–C–C–N with tert-alkyl or cyclic N) is 1.